The standard InChI is InChI=1S/C19H20N4O3S/c1-23(11-12-24)18-9-7-17(8-10-18)22-21-16-5-3-15(4-6-16)13-19(14-20)27(2,25)26/h3-10,13,24H,11-12H2,1-2H3/b19-13?,22-21+. The molecule has 0 spiro atoms. The Bertz CT molecular complexity index is 973. The second kappa shape index (κ2) is 9.07. The van der Waals surface area contributed by atoms with Gasteiger partial charge >= 0.3 is 0 Å². The summed E-state index contributed by atoms with van der Waals surface area (Å²) >= 11 is 0. The smallest absolute Gasteiger partial charge is 0.185 e. The van der Waals surface area contributed by atoms with Gasteiger partial charge in [-0.1, -0.05) is 12.1 Å². The minimum absolute atomic E-state index is 0.0865. The molecule has 0 heterocycles. The third-order valence-corrected chi connectivity index (χ3v) is 4.72. The first-order valence-electron chi connectivity index (χ1n) is 8.09. The zero-order valence-electron chi connectivity index (χ0n) is 15.1. The van der Waals surface area contributed by atoms with Crippen LogP contribution in [0.15, 0.2) is 63.7 Å². The zero-order chi connectivity index (χ0) is 19.9. The van der Waals surface area contributed by atoms with E-state index in [-0.39, 0.29) is 11.5 Å². The molecule has 1 N–H and O–H groups in total. The van der Waals surface area contributed by atoms with E-state index < -0.39 is 9.84 Å². The summed E-state index contributed by atoms with van der Waals surface area (Å²) in [6.07, 6.45) is 2.31. The number of anilines is 1. The Kier molecular flexibility index (Phi) is 6.82. The van der Waals surface area contributed by atoms with Crippen LogP contribution in [0.3, 0.4) is 0 Å². The largest absolute Gasteiger partial charge is 0.395 e. The highest BCUT2D eigenvalue weighted by Crippen LogP contribution is 2.22. The number of azo groups is 1. The topological polar surface area (TPSA) is 106 Å². The fourth-order valence-corrected chi connectivity index (χ4v) is 2.70. The number of hydrogen-bond acceptors (Lipinski definition) is 7. The van der Waals surface area contributed by atoms with Crippen LogP contribution in [0.5, 0.6) is 0 Å². The number of hydrogen-bond donors (Lipinski definition) is 1. The molecule has 0 aliphatic heterocycles. The van der Waals surface area contributed by atoms with E-state index in [2.05, 4.69) is 10.2 Å². The molecule has 2 aromatic rings. The van der Waals surface area contributed by atoms with Crippen molar-refractivity contribution in [1.29, 1.82) is 5.26 Å². The van der Waals surface area contributed by atoms with E-state index in [1.165, 1.54) is 6.08 Å². The van der Waals surface area contributed by atoms with Crippen molar-refractivity contribution in [3.63, 3.8) is 0 Å². The van der Waals surface area contributed by atoms with E-state index in [4.69, 9.17) is 10.4 Å². The van der Waals surface area contributed by atoms with Gasteiger partial charge in [0.15, 0.2) is 9.84 Å². The molecule has 0 aliphatic carbocycles. The molecule has 0 fully saturated rings. The second-order valence-electron chi connectivity index (χ2n) is 5.85. The Balaban J connectivity index is 2.10. The maximum atomic E-state index is 11.5. The van der Waals surface area contributed by atoms with Crippen LogP contribution in [0, 0.1) is 11.3 Å². The third kappa shape index (κ3) is 6.02. The molecule has 27 heavy (non-hydrogen) atoms. The Labute approximate surface area is 158 Å². The van der Waals surface area contributed by atoms with Crippen molar-refractivity contribution in [2.75, 3.05) is 31.4 Å². The van der Waals surface area contributed by atoms with Crippen LogP contribution in [0.1, 0.15) is 5.56 Å². The quantitative estimate of drug-likeness (QED) is 0.581. The lowest BCUT2D eigenvalue weighted by atomic mass is 10.2. The van der Waals surface area contributed by atoms with Gasteiger partial charge in [0.25, 0.3) is 0 Å². The molecule has 0 atom stereocenters. The van der Waals surface area contributed by atoms with Crippen molar-refractivity contribution in [3.05, 3.63) is 59.0 Å². The summed E-state index contributed by atoms with van der Waals surface area (Å²) in [5, 5.41) is 26.2. The molecule has 7 nitrogen and oxygen atoms in total. The van der Waals surface area contributed by atoms with Crippen LogP contribution in [0.2, 0.25) is 0 Å². The lowest BCUT2D eigenvalue weighted by Gasteiger charge is -2.17. The minimum Gasteiger partial charge on any atom is -0.395 e. The number of nitrogens with zero attached hydrogens (tertiary/aromatic N) is 4. The summed E-state index contributed by atoms with van der Waals surface area (Å²) in [4.78, 5) is 1.64. The zero-order valence-corrected chi connectivity index (χ0v) is 15.9. The van der Waals surface area contributed by atoms with Gasteiger partial charge in [-0.3, -0.25) is 0 Å². The summed E-state index contributed by atoms with van der Waals surface area (Å²) in [5.41, 5.74) is 2.85. The average Bonchev–Trinajstić information content (AvgIpc) is 2.65. The predicted octanol–water partition coefficient (Wildman–Crippen LogP) is 3.44. The van der Waals surface area contributed by atoms with E-state index in [0.717, 1.165) is 11.9 Å². The molecule has 0 aliphatic rings. The summed E-state index contributed by atoms with van der Waals surface area (Å²) in [6.45, 7) is 0.637. The van der Waals surface area contributed by atoms with Gasteiger partial charge in [-0.25, -0.2) is 8.42 Å². The van der Waals surface area contributed by atoms with Crippen molar-refractivity contribution in [1.82, 2.24) is 0 Å². The molecule has 8 heteroatoms. The molecule has 0 aromatic heterocycles. The van der Waals surface area contributed by atoms with Crippen molar-refractivity contribution < 1.29 is 13.5 Å². The predicted molar refractivity (Wildman–Crippen MR) is 106 cm³/mol. The molecule has 0 amide bonds. The normalized spacial score (nSPS) is 12.1. The Morgan fingerprint density at radius 2 is 1.63 bits per heavy atom. The lowest BCUT2D eigenvalue weighted by Crippen LogP contribution is -2.20. The SMILES string of the molecule is CN(CCO)c1ccc(/N=N/c2ccc(C=C(C#N)S(C)(=O)=O)cc2)cc1. The summed E-state index contributed by atoms with van der Waals surface area (Å²) in [7, 11) is -1.65. The maximum Gasteiger partial charge on any atom is 0.185 e. The fraction of sp³-hybridized carbons (Fsp3) is 0.211. The van der Waals surface area contributed by atoms with Crippen LogP contribution in [-0.2, 0) is 9.84 Å². The Morgan fingerprint density at radius 1 is 1.11 bits per heavy atom. The number of aliphatic hydroxyl groups is 1. The molecular weight excluding hydrogens is 364 g/mol. The van der Waals surface area contributed by atoms with Gasteiger partial charge in [0.05, 0.1) is 18.0 Å². The number of nitriles is 1. The van der Waals surface area contributed by atoms with Gasteiger partial charge < -0.3 is 10.0 Å². The fourth-order valence-electron chi connectivity index (χ4n) is 2.18. The number of benzene rings is 2. The van der Waals surface area contributed by atoms with Gasteiger partial charge in [0.2, 0.25) is 0 Å². The molecule has 0 saturated carbocycles. The summed E-state index contributed by atoms with van der Waals surface area (Å²) in [5.74, 6) is 0. The monoisotopic (exact) mass is 384 g/mol. The molecular formula is C19H20N4O3S. The molecule has 0 radical (unpaired) electrons. The van der Waals surface area contributed by atoms with Crippen molar-refractivity contribution in [3.8, 4) is 6.07 Å². The first-order valence-corrected chi connectivity index (χ1v) is 9.98. The van der Waals surface area contributed by atoms with Crippen LogP contribution in [0.4, 0.5) is 17.1 Å². The van der Waals surface area contributed by atoms with E-state index >= 15 is 0 Å². The highest BCUT2D eigenvalue weighted by atomic mass is 32.2. The molecule has 0 unspecified atom stereocenters. The molecule has 2 aromatic carbocycles. The first kappa shape index (κ1) is 20.3. The van der Waals surface area contributed by atoms with Gasteiger partial charge in [0, 0.05) is 25.5 Å². The molecule has 2 rings (SSSR count). The minimum atomic E-state index is -3.54. The van der Waals surface area contributed by atoms with E-state index in [0.29, 0.717) is 23.5 Å². The van der Waals surface area contributed by atoms with E-state index in [1.54, 1.807) is 30.3 Å². The Hall–Kier alpha value is -3.02. The van der Waals surface area contributed by atoms with Gasteiger partial charge in [-0.05, 0) is 48.0 Å². The van der Waals surface area contributed by atoms with Crippen molar-refractivity contribution in [2.24, 2.45) is 10.2 Å². The van der Waals surface area contributed by atoms with Crippen LogP contribution in [0.25, 0.3) is 6.08 Å². The second-order valence-corrected chi connectivity index (χ2v) is 7.83. The van der Waals surface area contributed by atoms with Gasteiger partial charge in [-0.2, -0.15) is 15.5 Å². The molecule has 0 bridgehead atoms. The number of sulfone groups is 1. The van der Waals surface area contributed by atoms with E-state index in [9.17, 15) is 8.42 Å². The summed E-state index contributed by atoms with van der Waals surface area (Å²) in [6, 6.07) is 15.9. The van der Waals surface area contributed by atoms with E-state index in [1.807, 2.05) is 36.2 Å². The third-order valence-electron chi connectivity index (χ3n) is 3.71. The molecule has 140 valence electrons. The van der Waals surface area contributed by atoms with Crippen molar-refractivity contribution >= 4 is 33.0 Å². The first-order chi connectivity index (χ1) is 12.8. The molecule has 0 saturated heterocycles. The van der Waals surface area contributed by atoms with Crippen LogP contribution in [-0.4, -0.2) is 40.0 Å². The average molecular weight is 384 g/mol. The number of likely N-dealkylation sites (N-methyl/N-ethyl adjacent to an activating group) is 1. The maximum absolute atomic E-state index is 11.5. The number of allylic oxidation sites excluding steroid dienone is 1. The number of aliphatic hydroxyl groups excluding tert-OH is 1. The number of rotatable bonds is 7. The highest BCUT2D eigenvalue weighted by molar-refractivity contribution is 7.95. The lowest BCUT2D eigenvalue weighted by molar-refractivity contribution is 0.304. The van der Waals surface area contributed by atoms with Crippen LogP contribution < -0.4 is 4.90 Å². The van der Waals surface area contributed by atoms with Crippen LogP contribution >= 0.6 is 0 Å². The summed E-state index contributed by atoms with van der Waals surface area (Å²) < 4.78 is 22.9. The van der Waals surface area contributed by atoms with Gasteiger partial charge in [-0.15, -0.1) is 0 Å². The Morgan fingerprint density at radius 3 is 2.07 bits per heavy atom. The van der Waals surface area contributed by atoms with Gasteiger partial charge in [0.1, 0.15) is 11.0 Å². The van der Waals surface area contributed by atoms with Crippen molar-refractivity contribution in [2.45, 2.75) is 0 Å². The highest BCUT2D eigenvalue weighted by Gasteiger charge is 2.10.